The predicted molar refractivity (Wildman–Crippen MR) is 65.8 cm³/mol. The summed E-state index contributed by atoms with van der Waals surface area (Å²) < 4.78 is 0. The molecule has 1 N–H and O–H groups in total. The van der Waals surface area contributed by atoms with Gasteiger partial charge in [0.2, 0.25) is 5.91 Å². The zero-order chi connectivity index (χ0) is 12.9. The van der Waals surface area contributed by atoms with E-state index < -0.39 is 5.97 Å². The maximum absolute atomic E-state index is 12.4. The number of likely N-dealkylation sites (tertiary alicyclic amines) is 1. The van der Waals surface area contributed by atoms with Gasteiger partial charge in [0, 0.05) is 19.0 Å². The average Bonchev–Trinajstić information content (AvgIpc) is 2.94. The van der Waals surface area contributed by atoms with Crippen LogP contribution in [0.5, 0.6) is 0 Å². The van der Waals surface area contributed by atoms with E-state index in [0.29, 0.717) is 24.9 Å². The molecular weight excluding hydrogens is 230 g/mol. The minimum atomic E-state index is -0.758. The summed E-state index contributed by atoms with van der Waals surface area (Å²) in [5, 5.41) is 9.11. The van der Waals surface area contributed by atoms with Crippen LogP contribution in [-0.2, 0) is 9.59 Å². The monoisotopic (exact) mass is 251 g/mol. The number of hydrogen-bond donors (Lipinski definition) is 1. The Hall–Kier alpha value is -1.06. The van der Waals surface area contributed by atoms with Crippen molar-refractivity contribution < 1.29 is 14.7 Å². The fraction of sp³-hybridized carbons (Fsp3) is 0.857. The summed E-state index contributed by atoms with van der Waals surface area (Å²) >= 11 is 0. The first-order valence-electron chi connectivity index (χ1n) is 7.11. The second-order valence-corrected chi connectivity index (χ2v) is 6.30. The minimum Gasteiger partial charge on any atom is -0.481 e. The molecule has 1 amide bonds. The molecule has 0 bridgehead atoms. The molecule has 4 heteroatoms. The molecule has 3 fully saturated rings. The number of rotatable bonds is 2. The lowest BCUT2D eigenvalue weighted by molar-refractivity contribution is -0.142. The molecule has 0 radical (unpaired) electrons. The number of fused-ring (bicyclic) bond motifs is 1. The maximum Gasteiger partial charge on any atom is 0.308 e. The Labute approximate surface area is 107 Å². The molecule has 2 saturated carbocycles. The summed E-state index contributed by atoms with van der Waals surface area (Å²) in [7, 11) is 0. The third-order valence-corrected chi connectivity index (χ3v) is 5.18. The van der Waals surface area contributed by atoms with Crippen molar-refractivity contribution in [3.05, 3.63) is 0 Å². The summed E-state index contributed by atoms with van der Waals surface area (Å²) in [4.78, 5) is 25.3. The Bertz CT molecular complexity index is 369. The third kappa shape index (κ3) is 1.82. The van der Waals surface area contributed by atoms with E-state index in [0.717, 1.165) is 0 Å². The number of carbonyl (C=O) groups is 2. The van der Waals surface area contributed by atoms with Crippen LogP contribution in [-0.4, -0.2) is 35.0 Å². The van der Waals surface area contributed by atoms with E-state index in [9.17, 15) is 9.59 Å². The predicted octanol–water partition coefficient (Wildman–Crippen LogP) is 1.60. The quantitative estimate of drug-likeness (QED) is 0.811. The normalized spacial score (nSPS) is 42.5. The van der Waals surface area contributed by atoms with Gasteiger partial charge in [0.15, 0.2) is 0 Å². The number of amides is 1. The topological polar surface area (TPSA) is 57.6 Å². The summed E-state index contributed by atoms with van der Waals surface area (Å²) in [6.45, 7) is 2.99. The fourth-order valence-electron chi connectivity index (χ4n) is 4.04. The largest absolute Gasteiger partial charge is 0.481 e. The van der Waals surface area contributed by atoms with Crippen molar-refractivity contribution in [2.24, 2.45) is 29.6 Å². The molecule has 4 unspecified atom stereocenters. The van der Waals surface area contributed by atoms with Gasteiger partial charge in [-0.2, -0.15) is 0 Å². The number of aliphatic carboxylic acids is 1. The smallest absolute Gasteiger partial charge is 0.308 e. The molecule has 0 aromatic rings. The van der Waals surface area contributed by atoms with Crippen molar-refractivity contribution in [1.29, 1.82) is 0 Å². The van der Waals surface area contributed by atoms with Crippen molar-refractivity contribution >= 4 is 11.9 Å². The number of carboxylic acids is 1. The van der Waals surface area contributed by atoms with E-state index in [-0.39, 0.29) is 23.7 Å². The molecule has 2 aliphatic carbocycles. The highest BCUT2D eigenvalue weighted by Gasteiger charge is 2.56. The van der Waals surface area contributed by atoms with Crippen molar-refractivity contribution in [3.63, 3.8) is 0 Å². The van der Waals surface area contributed by atoms with Crippen LogP contribution < -0.4 is 0 Å². The summed E-state index contributed by atoms with van der Waals surface area (Å²) in [6, 6.07) is 0. The molecule has 18 heavy (non-hydrogen) atoms. The zero-order valence-corrected chi connectivity index (χ0v) is 10.8. The van der Waals surface area contributed by atoms with Crippen LogP contribution in [0, 0.1) is 29.6 Å². The van der Waals surface area contributed by atoms with Gasteiger partial charge in [0.25, 0.3) is 0 Å². The lowest BCUT2D eigenvalue weighted by Gasteiger charge is -2.16. The first kappa shape index (κ1) is 12.0. The summed E-state index contributed by atoms with van der Waals surface area (Å²) in [6.07, 6.45) is 4.93. The molecule has 3 aliphatic rings. The van der Waals surface area contributed by atoms with Gasteiger partial charge in [-0.05, 0) is 30.6 Å². The third-order valence-electron chi connectivity index (χ3n) is 5.18. The highest BCUT2D eigenvalue weighted by atomic mass is 16.4. The van der Waals surface area contributed by atoms with Crippen LogP contribution in [0.25, 0.3) is 0 Å². The Balaban J connectivity index is 1.63. The lowest BCUT2D eigenvalue weighted by Crippen LogP contribution is -2.32. The molecule has 4 atom stereocenters. The molecule has 0 spiro atoms. The van der Waals surface area contributed by atoms with Crippen molar-refractivity contribution in [2.75, 3.05) is 13.1 Å². The van der Waals surface area contributed by atoms with Gasteiger partial charge in [0.05, 0.1) is 5.92 Å². The first-order valence-corrected chi connectivity index (χ1v) is 7.11. The van der Waals surface area contributed by atoms with E-state index >= 15 is 0 Å². The number of nitrogens with zero attached hydrogens (tertiary/aromatic N) is 1. The van der Waals surface area contributed by atoms with Crippen LogP contribution in [0.2, 0.25) is 0 Å². The Morgan fingerprint density at radius 2 is 1.72 bits per heavy atom. The lowest BCUT2D eigenvalue weighted by atomic mass is 9.99. The highest BCUT2D eigenvalue weighted by Crippen LogP contribution is 2.56. The molecule has 0 aromatic carbocycles. The minimum absolute atomic E-state index is 0.0900. The number of carbonyl (C=O) groups excluding carboxylic acids is 1. The fourth-order valence-corrected chi connectivity index (χ4v) is 4.04. The van der Waals surface area contributed by atoms with Gasteiger partial charge < -0.3 is 10.0 Å². The summed E-state index contributed by atoms with van der Waals surface area (Å²) in [5.74, 6) is 0.665. The van der Waals surface area contributed by atoms with Crippen molar-refractivity contribution in [3.8, 4) is 0 Å². The van der Waals surface area contributed by atoms with Crippen LogP contribution in [0.1, 0.15) is 32.6 Å². The molecule has 1 heterocycles. The van der Waals surface area contributed by atoms with Gasteiger partial charge in [-0.25, -0.2) is 0 Å². The maximum atomic E-state index is 12.4. The summed E-state index contributed by atoms with van der Waals surface area (Å²) in [5.41, 5.74) is 0. The first-order chi connectivity index (χ1) is 8.59. The van der Waals surface area contributed by atoms with Gasteiger partial charge in [-0.3, -0.25) is 9.59 Å². The van der Waals surface area contributed by atoms with Crippen molar-refractivity contribution in [2.45, 2.75) is 32.6 Å². The molecule has 1 aliphatic heterocycles. The van der Waals surface area contributed by atoms with E-state index in [4.69, 9.17) is 5.11 Å². The van der Waals surface area contributed by atoms with E-state index in [1.807, 2.05) is 11.8 Å². The zero-order valence-electron chi connectivity index (χ0n) is 10.8. The Morgan fingerprint density at radius 3 is 2.22 bits per heavy atom. The average molecular weight is 251 g/mol. The molecule has 100 valence electrons. The van der Waals surface area contributed by atoms with Crippen LogP contribution >= 0.6 is 0 Å². The van der Waals surface area contributed by atoms with E-state index in [1.165, 1.54) is 25.7 Å². The van der Waals surface area contributed by atoms with Crippen LogP contribution in [0.15, 0.2) is 0 Å². The standard InChI is InChI=1S/C14H21NO3/c1-8-6-15(7-11(8)14(17)18)13(16)12-9-4-2-3-5-10(9)12/h8-12H,2-7H2,1H3,(H,17,18). The van der Waals surface area contributed by atoms with Crippen LogP contribution in [0.4, 0.5) is 0 Å². The molecule has 4 nitrogen and oxygen atoms in total. The SMILES string of the molecule is CC1CN(C(=O)C2C3CCCCC32)CC1C(=O)O. The molecular formula is C14H21NO3. The van der Waals surface area contributed by atoms with Crippen molar-refractivity contribution in [1.82, 2.24) is 4.90 Å². The number of carboxylic acid groups (broad SMARTS) is 1. The molecule has 1 saturated heterocycles. The molecule has 3 rings (SSSR count). The van der Waals surface area contributed by atoms with Crippen LogP contribution in [0.3, 0.4) is 0 Å². The van der Waals surface area contributed by atoms with Gasteiger partial charge >= 0.3 is 5.97 Å². The van der Waals surface area contributed by atoms with Gasteiger partial charge in [-0.1, -0.05) is 19.8 Å². The second-order valence-electron chi connectivity index (χ2n) is 6.30. The second kappa shape index (κ2) is 4.25. The van der Waals surface area contributed by atoms with E-state index in [1.54, 1.807) is 0 Å². The highest BCUT2D eigenvalue weighted by molar-refractivity contribution is 5.84. The molecule has 0 aromatic heterocycles. The van der Waals surface area contributed by atoms with E-state index in [2.05, 4.69) is 0 Å². The Kier molecular flexibility index (Phi) is 2.83. The Morgan fingerprint density at radius 1 is 1.11 bits per heavy atom. The van der Waals surface area contributed by atoms with Gasteiger partial charge in [0.1, 0.15) is 0 Å². The number of hydrogen-bond acceptors (Lipinski definition) is 2. The van der Waals surface area contributed by atoms with Gasteiger partial charge in [-0.15, -0.1) is 0 Å².